The number of hydrogen-bond donors (Lipinski definition) is 1. The Bertz CT molecular complexity index is 335. The van der Waals surface area contributed by atoms with Gasteiger partial charge in [0.25, 0.3) is 0 Å². The number of rotatable bonds is 3. The van der Waals surface area contributed by atoms with Crippen molar-refractivity contribution in [3.05, 3.63) is 24.1 Å². The molecule has 16 heavy (non-hydrogen) atoms. The smallest absolute Gasteiger partial charge is 0.165 e. The lowest BCUT2D eigenvalue weighted by atomic mass is 10.1. The number of hydrogen-bond acceptors (Lipinski definition) is 3. The zero-order valence-corrected chi connectivity index (χ0v) is 9.62. The highest BCUT2D eigenvalue weighted by Crippen LogP contribution is 2.20. The summed E-state index contributed by atoms with van der Waals surface area (Å²) in [5.74, 6) is 0.279. The molecule has 88 valence electrons. The first-order valence-corrected chi connectivity index (χ1v) is 5.90. The van der Waals surface area contributed by atoms with Gasteiger partial charge in [-0.1, -0.05) is 6.92 Å². The van der Waals surface area contributed by atoms with Crippen LogP contribution >= 0.6 is 0 Å². The zero-order valence-electron chi connectivity index (χ0n) is 9.62. The van der Waals surface area contributed by atoms with Gasteiger partial charge < -0.3 is 10.2 Å². The minimum absolute atomic E-state index is 0.218. The van der Waals surface area contributed by atoms with Gasteiger partial charge in [0.2, 0.25) is 0 Å². The normalized spacial score (nSPS) is 17.8. The quantitative estimate of drug-likeness (QED) is 0.847. The predicted octanol–water partition coefficient (Wildman–Crippen LogP) is 1.80. The number of piperidine rings is 1. The van der Waals surface area contributed by atoms with E-state index in [4.69, 9.17) is 0 Å². The molecule has 1 saturated heterocycles. The second-order valence-corrected chi connectivity index (χ2v) is 4.13. The van der Waals surface area contributed by atoms with Crippen LogP contribution in [0.5, 0.6) is 0 Å². The predicted molar refractivity (Wildman–Crippen MR) is 63.1 cm³/mol. The summed E-state index contributed by atoms with van der Waals surface area (Å²) < 4.78 is 13.5. The molecule has 0 saturated carbocycles. The third-order valence-corrected chi connectivity index (χ3v) is 3.03. The fraction of sp³-hybridized carbons (Fsp3) is 0.583. The van der Waals surface area contributed by atoms with Crippen molar-refractivity contribution in [2.45, 2.75) is 25.8 Å². The van der Waals surface area contributed by atoms with Crippen LogP contribution in [-0.4, -0.2) is 30.7 Å². The second kappa shape index (κ2) is 5.25. The van der Waals surface area contributed by atoms with E-state index in [9.17, 15) is 4.39 Å². The van der Waals surface area contributed by atoms with Gasteiger partial charge in [-0.25, -0.2) is 9.37 Å². The van der Waals surface area contributed by atoms with Gasteiger partial charge in [0.15, 0.2) is 11.6 Å². The molecule has 0 aliphatic carbocycles. The molecular formula is C12H18FN3. The molecule has 0 atom stereocenters. The van der Waals surface area contributed by atoms with Gasteiger partial charge in [-0.05, 0) is 31.5 Å². The lowest BCUT2D eigenvalue weighted by molar-refractivity contribution is 0.419. The molecule has 0 amide bonds. The lowest BCUT2D eigenvalue weighted by Crippen LogP contribution is -2.43. The summed E-state index contributed by atoms with van der Waals surface area (Å²) in [6.45, 7) is 4.88. The molecule has 1 aliphatic heterocycles. The topological polar surface area (TPSA) is 28.2 Å². The van der Waals surface area contributed by atoms with E-state index < -0.39 is 0 Å². The highest BCUT2D eigenvalue weighted by molar-refractivity contribution is 5.40. The standard InChI is InChI=1S/C12H18FN3/c1-2-14-10-5-8-16(9-6-10)12-11(13)4-3-7-15-12/h3-4,7,10,14H,2,5-6,8-9H2,1H3. The van der Waals surface area contributed by atoms with Crippen LogP contribution in [0.3, 0.4) is 0 Å². The minimum atomic E-state index is -0.218. The van der Waals surface area contributed by atoms with Crippen LogP contribution < -0.4 is 10.2 Å². The van der Waals surface area contributed by atoms with Crippen LogP contribution in [0.2, 0.25) is 0 Å². The molecule has 1 fully saturated rings. The van der Waals surface area contributed by atoms with Crippen molar-refractivity contribution < 1.29 is 4.39 Å². The summed E-state index contributed by atoms with van der Waals surface area (Å²) in [4.78, 5) is 6.13. The highest BCUT2D eigenvalue weighted by Gasteiger charge is 2.20. The lowest BCUT2D eigenvalue weighted by Gasteiger charge is -2.33. The van der Waals surface area contributed by atoms with Gasteiger partial charge >= 0.3 is 0 Å². The van der Waals surface area contributed by atoms with E-state index in [0.717, 1.165) is 32.5 Å². The number of pyridine rings is 1. The second-order valence-electron chi connectivity index (χ2n) is 4.13. The number of halogens is 1. The number of nitrogens with one attached hydrogen (secondary N) is 1. The Kier molecular flexibility index (Phi) is 3.72. The maximum atomic E-state index is 13.5. The summed E-state index contributed by atoms with van der Waals surface area (Å²) >= 11 is 0. The van der Waals surface area contributed by atoms with Crippen molar-refractivity contribution in [2.24, 2.45) is 0 Å². The largest absolute Gasteiger partial charge is 0.354 e. The first-order chi connectivity index (χ1) is 7.81. The van der Waals surface area contributed by atoms with Crippen LogP contribution in [0.25, 0.3) is 0 Å². The summed E-state index contributed by atoms with van der Waals surface area (Å²) in [5.41, 5.74) is 0. The summed E-state index contributed by atoms with van der Waals surface area (Å²) in [6, 6.07) is 3.68. The molecule has 1 N–H and O–H groups in total. The van der Waals surface area contributed by atoms with Gasteiger partial charge in [0.05, 0.1) is 0 Å². The number of nitrogens with zero attached hydrogens (tertiary/aromatic N) is 2. The third kappa shape index (κ3) is 2.50. The molecule has 0 radical (unpaired) electrons. The van der Waals surface area contributed by atoms with E-state index in [2.05, 4.69) is 17.2 Å². The van der Waals surface area contributed by atoms with Gasteiger partial charge in [-0.2, -0.15) is 0 Å². The Hall–Kier alpha value is -1.16. The third-order valence-electron chi connectivity index (χ3n) is 3.03. The average Bonchev–Trinajstić information content (AvgIpc) is 2.31. The van der Waals surface area contributed by atoms with Gasteiger partial charge in [0, 0.05) is 25.3 Å². The molecule has 1 aliphatic rings. The molecule has 1 aromatic heterocycles. The van der Waals surface area contributed by atoms with E-state index in [0.29, 0.717) is 11.9 Å². The summed E-state index contributed by atoms with van der Waals surface area (Å²) in [5, 5.41) is 3.43. The average molecular weight is 223 g/mol. The molecule has 2 rings (SSSR count). The van der Waals surface area contributed by atoms with Gasteiger partial charge in [-0.15, -0.1) is 0 Å². The van der Waals surface area contributed by atoms with Crippen molar-refractivity contribution in [1.82, 2.24) is 10.3 Å². The number of aromatic nitrogens is 1. The van der Waals surface area contributed by atoms with Crippen molar-refractivity contribution in [2.75, 3.05) is 24.5 Å². The summed E-state index contributed by atoms with van der Waals surface area (Å²) in [7, 11) is 0. The molecule has 0 aromatic carbocycles. The Morgan fingerprint density at radius 3 is 2.88 bits per heavy atom. The Labute approximate surface area is 95.7 Å². The van der Waals surface area contributed by atoms with Crippen LogP contribution in [0, 0.1) is 5.82 Å². The first kappa shape index (κ1) is 11.3. The molecule has 3 nitrogen and oxygen atoms in total. The monoisotopic (exact) mass is 223 g/mol. The Morgan fingerprint density at radius 2 is 2.25 bits per heavy atom. The molecule has 4 heteroatoms. The van der Waals surface area contributed by atoms with Crippen LogP contribution in [0.15, 0.2) is 18.3 Å². The fourth-order valence-electron chi connectivity index (χ4n) is 2.19. The van der Waals surface area contributed by atoms with Crippen LogP contribution in [0.1, 0.15) is 19.8 Å². The molecule has 0 bridgehead atoms. The maximum Gasteiger partial charge on any atom is 0.165 e. The zero-order chi connectivity index (χ0) is 11.4. The Morgan fingerprint density at radius 1 is 1.50 bits per heavy atom. The van der Waals surface area contributed by atoms with E-state index in [1.807, 2.05) is 4.90 Å². The first-order valence-electron chi connectivity index (χ1n) is 5.90. The van der Waals surface area contributed by atoms with Gasteiger partial charge in [-0.3, -0.25) is 0 Å². The van der Waals surface area contributed by atoms with E-state index in [1.54, 1.807) is 12.3 Å². The fourth-order valence-corrected chi connectivity index (χ4v) is 2.19. The summed E-state index contributed by atoms with van der Waals surface area (Å²) in [6.07, 6.45) is 3.77. The van der Waals surface area contributed by atoms with Crippen molar-refractivity contribution in [1.29, 1.82) is 0 Å². The van der Waals surface area contributed by atoms with Crippen LogP contribution in [-0.2, 0) is 0 Å². The molecule has 2 heterocycles. The minimum Gasteiger partial charge on any atom is -0.354 e. The molecule has 0 unspecified atom stereocenters. The van der Waals surface area contributed by atoms with Crippen molar-refractivity contribution in [3.8, 4) is 0 Å². The molecule has 0 spiro atoms. The van der Waals surface area contributed by atoms with E-state index >= 15 is 0 Å². The molecular weight excluding hydrogens is 205 g/mol. The SMILES string of the molecule is CCNC1CCN(c2ncccc2F)CC1. The van der Waals surface area contributed by atoms with Gasteiger partial charge in [0.1, 0.15) is 0 Å². The van der Waals surface area contributed by atoms with E-state index in [-0.39, 0.29) is 5.82 Å². The van der Waals surface area contributed by atoms with Crippen molar-refractivity contribution >= 4 is 5.82 Å². The van der Waals surface area contributed by atoms with Crippen molar-refractivity contribution in [3.63, 3.8) is 0 Å². The molecule has 1 aromatic rings. The maximum absolute atomic E-state index is 13.5. The van der Waals surface area contributed by atoms with Crippen LogP contribution in [0.4, 0.5) is 10.2 Å². The number of anilines is 1. The van der Waals surface area contributed by atoms with E-state index in [1.165, 1.54) is 6.07 Å². The Balaban J connectivity index is 1.96. The highest BCUT2D eigenvalue weighted by atomic mass is 19.1.